The van der Waals surface area contributed by atoms with E-state index in [1.165, 1.54) is 6.42 Å². The summed E-state index contributed by atoms with van der Waals surface area (Å²) >= 11 is 3.39. The average molecular weight is 354 g/mol. The van der Waals surface area contributed by atoms with Crippen molar-refractivity contribution in [3.05, 3.63) is 28.7 Å². The molecule has 2 saturated carbocycles. The number of hydrogen-bond acceptors (Lipinski definition) is 3. The molecular formula is C16H20BrNO3. The number of ether oxygens (including phenoxy) is 1. The molecule has 3 rings (SSSR count). The van der Waals surface area contributed by atoms with Crippen LogP contribution in [0.5, 0.6) is 5.75 Å². The molecule has 114 valence electrons. The molecule has 0 aromatic heterocycles. The summed E-state index contributed by atoms with van der Waals surface area (Å²) in [5, 5.41) is 12.8. The zero-order valence-corrected chi connectivity index (χ0v) is 13.4. The van der Waals surface area contributed by atoms with Crippen LogP contribution in [0.2, 0.25) is 0 Å². The van der Waals surface area contributed by atoms with Gasteiger partial charge in [-0.2, -0.15) is 0 Å². The maximum Gasteiger partial charge on any atom is 0.308 e. The van der Waals surface area contributed by atoms with Crippen LogP contribution >= 0.6 is 15.9 Å². The Hall–Kier alpha value is -1.07. The first-order chi connectivity index (χ1) is 10.1. The summed E-state index contributed by atoms with van der Waals surface area (Å²) in [4.78, 5) is 11.4. The van der Waals surface area contributed by atoms with Gasteiger partial charge < -0.3 is 15.2 Å². The van der Waals surface area contributed by atoms with Gasteiger partial charge in [-0.1, -0.05) is 15.9 Å². The third kappa shape index (κ3) is 3.24. The summed E-state index contributed by atoms with van der Waals surface area (Å²) in [6.45, 7) is 1.25. The van der Waals surface area contributed by atoms with Crippen molar-refractivity contribution in [2.75, 3.05) is 13.2 Å². The summed E-state index contributed by atoms with van der Waals surface area (Å²) in [5.41, 5.74) is 0. The second-order valence-corrected chi connectivity index (χ2v) is 6.90. The number of fused-ring (bicyclic) bond motifs is 2. The highest BCUT2D eigenvalue weighted by molar-refractivity contribution is 9.10. The Morgan fingerprint density at radius 3 is 2.71 bits per heavy atom. The third-order valence-corrected chi connectivity index (χ3v) is 5.29. The van der Waals surface area contributed by atoms with E-state index in [1.807, 2.05) is 24.3 Å². The molecule has 2 aliphatic rings. The molecule has 1 aromatic carbocycles. The molecule has 2 aliphatic carbocycles. The Morgan fingerprint density at radius 1 is 1.29 bits per heavy atom. The minimum absolute atomic E-state index is 0.120. The number of benzene rings is 1. The van der Waals surface area contributed by atoms with Crippen molar-refractivity contribution in [1.29, 1.82) is 0 Å². The number of carboxylic acid groups (broad SMARTS) is 1. The predicted molar refractivity (Wildman–Crippen MR) is 83.4 cm³/mol. The van der Waals surface area contributed by atoms with E-state index in [9.17, 15) is 9.90 Å². The van der Waals surface area contributed by atoms with Gasteiger partial charge in [-0.05, 0) is 55.4 Å². The number of nitrogens with one attached hydrogen (secondary N) is 1. The first-order valence-electron chi connectivity index (χ1n) is 7.49. The minimum atomic E-state index is -0.645. The summed E-state index contributed by atoms with van der Waals surface area (Å²) in [6, 6.07) is 7.84. The van der Waals surface area contributed by atoms with Gasteiger partial charge in [-0.3, -0.25) is 4.79 Å². The van der Waals surface area contributed by atoms with Gasteiger partial charge in [-0.25, -0.2) is 0 Å². The standard InChI is InChI=1S/C16H20BrNO3/c17-12-3-5-13(6-4-12)21-8-7-18-15-11-2-1-10(9-11)14(15)16(19)20/h3-6,10-11,14-15,18H,1-2,7-9H2,(H,19,20). The van der Waals surface area contributed by atoms with Crippen LogP contribution in [-0.2, 0) is 4.79 Å². The van der Waals surface area contributed by atoms with E-state index in [4.69, 9.17) is 4.74 Å². The summed E-state index contributed by atoms with van der Waals surface area (Å²) in [5.74, 6) is 0.883. The highest BCUT2D eigenvalue weighted by Gasteiger charge is 2.50. The zero-order valence-electron chi connectivity index (χ0n) is 11.8. The second-order valence-electron chi connectivity index (χ2n) is 5.98. The van der Waals surface area contributed by atoms with Crippen molar-refractivity contribution < 1.29 is 14.6 Å². The Labute approximate surface area is 133 Å². The van der Waals surface area contributed by atoms with Gasteiger partial charge in [0.05, 0.1) is 5.92 Å². The average Bonchev–Trinajstić information content (AvgIpc) is 3.06. The lowest BCUT2D eigenvalue weighted by molar-refractivity contribution is -0.144. The van der Waals surface area contributed by atoms with Crippen LogP contribution in [0.4, 0.5) is 0 Å². The number of carboxylic acids is 1. The quantitative estimate of drug-likeness (QED) is 0.772. The van der Waals surface area contributed by atoms with Crippen LogP contribution < -0.4 is 10.1 Å². The highest BCUT2D eigenvalue weighted by Crippen LogP contribution is 2.48. The van der Waals surface area contributed by atoms with Crippen LogP contribution in [0, 0.1) is 17.8 Å². The monoisotopic (exact) mass is 353 g/mol. The molecule has 2 fully saturated rings. The first-order valence-corrected chi connectivity index (χ1v) is 8.29. The first kappa shape index (κ1) is 14.9. The number of rotatable bonds is 6. The van der Waals surface area contributed by atoms with Crippen LogP contribution in [0.15, 0.2) is 28.7 Å². The molecular weight excluding hydrogens is 334 g/mol. The maximum absolute atomic E-state index is 11.4. The fraction of sp³-hybridized carbons (Fsp3) is 0.562. The van der Waals surface area contributed by atoms with E-state index >= 15 is 0 Å². The fourth-order valence-corrected chi connectivity index (χ4v) is 4.13. The van der Waals surface area contributed by atoms with E-state index in [2.05, 4.69) is 21.2 Å². The number of carbonyl (C=O) groups is 1. The third-order valence-electron chi connectivity index (χ3n) is 4.77. The van der Waals surface area contributed by atoms with E-state index in [0.717, 1.165) is 23.1 Å². The van der Waals surface area contributed by atoms with Crippen molar-refractivity contribution in [3.63, 3.8) is 0 Å². The number of halogens is 1. The van der Waals surface area contributed by atoms with Crippen LogP contribution in [0.3, 0.4) is 0 Å². The van der Waals surface area contributed by atoms with Crippen molar-refractivity contribution in [2.45, 2.75) is 25.3 Å². The smallest absolute Gasteiger partial charge is 0.308 e. The number of hydrogen-bond donors (Lipinski definition) is 2. The van der Waals surface area contributed by atoms with Gasteiger partial charge in [0.15, 0.2) is 0 Å². The van der Waals surface area contributed by atoms with E-state index in [1.54, 1.807) is 0 Å². The van der Waals surface area contributed by atoms with Gasteiger partial charge in [0.2, 0.25) is 0 Å². The van der Waals surface area contributed by atoms with E-state index < -0.39 is 5.97 Å². The minimum Gasteiger partial charge on any atom is -0.492 e. The molecule has 0 radical (unpaired) electrons. The Morgan fingerprint density at radius 2 is 2.00 bits per heavy atom. The highest BCUT2D eigenvalue weighted by atomic mass is 79.9. The van der Waals surface area contributed by atoms with Crippen LogP contribution in [-0.4, -0.2) is 30.3 Å². The molecule has 0 heterocycles. The largest absolute Gasteiger partial charge is 0.492 e. The van der Waals surface area contributed by atoms with Crippen LogP contribution in [0.25, 0.3) is 0 Å². The number of aliphatic carboxylic acids is 1. The molecule has 4 unspecified atom stereocenters. The summed E-state index contributed by atoms with van der Waals surface area (Å²) in [7, 11) is 0. The van der Waals surface area contributed by atoms with Crippen LogP contribution in [0.1, 0.15) is 19.3 Å². The molecule has 2 bridgehead atoms. The molecule has 0 spiro atoms. The lowest BCUT2D eigenvalue weighted by Gasteiger charge is -2.29. The normalized spacial score (nSPS) is 30.5. The van der Waals surface area contributed by atoms with Gasteiger partial charge >= 0.3 is 5.97 Å². The van der Waals surface area contributed by atoms with Crippen molar-refractivity contribution in [2.24, 2.45) is 17.8 Å². The van der Waals surface area contributed by atoms with E-state index in [0.29, 0.717) is 25.0 Å². The SMILES string of the molecule is O=C(O)C1C2CCC(C2)C1NCCOc1ccc(Br)cc1. The molecule has 0 aliphatic heterocycles. The molecule has 21 heavy (non-hydrogen) atoms. The van der Waals surface area contributed by atoms with Crippen molar-refractivity contribution >= 4 is 21.9 Å². The molecule has 4 atom stereocenters. The summed E-state index contributed by atoms with van der Waals surface area (Å²) in [6.07, 6.45) is 3.32. The van der Waals surface area contributed by atoms with Crippen molar-refractivity contribution in [1.82, 2.24) is 5.32 Å². The molecule has 4 nitrogen and oxygen atoms in total. The van der Waals surface area contributed by atoms with Crippen molar-refractivity contribution in [3.8, 4) is 5.75 Å². The molecule has 0 saturated heterocycles. The molecule has 2 N–H and O–H groups in total. The Bertz CT molecular complexity index is 505. The Kier molecular flexibility index (Phi) is 4.50. The Balaban J connectivity index is 1.46. The van der Waals surface area contributed by atoms with Gasteiger partial charge in [0.25, 0.3) is 0 Å². The second kappa shape index (κ2) is 6.36. The molecule has 0 amide bonds. The fourth-order valence-electron chi connectivity index (χ4n) is 3.87. The maximum atomic E-state index is 11.4. The summed E-state index contributed by atoms with van der Waals surface area (Å²) < 4.78 is 6.69. The lowest BCUT2D eigenvalue weighted by Crippen LogP contribution is -2.45. The topological polar surface area (TPSA) is 58.6 Å². The van der Waals surface area contributed by atoms with Gasteiger partial charge in [0.1, 0.15) is 12.4 Å². The molecule has 1 aromatic rings. The predicted octanol–water partition coefficient (Wildman–Crippen LogP) is 2.92. The van der Waals surface area contributed by atoms with Gasteiger partial charge in [-0.15, -0.1) is 0 Å². The zero-order chi connectivity index (χ0) is 14.8. The van der Waals surface area contributed by atoms with Gasteiger partial charge in [0, 0.05) is 17.1 Å². The lowest BCUT2D eigenvalue weighted by atomic mass is 9.84. The molecule has 5 heteroatoms. The van der Waals surface area contributed by atoms with E-state index in [-0.39, 0.29) is 12.0 Å².